The molecule has 3 unspecified atom stereocenters. The fourth-order valence-corrected chi connectivity index (χ4v) is 7.70. The van der Waals surface area contributed by atoms with Gasteiger partial charge in [0.15, 0.2) is 23.4 Å². The van der Waals surface area contributed by atoms with Crippen molar-refractivity contribution in [2.24, 2.45) is 11.8 Å². The average Bonchev–Trinajstić information content (AvgIpc) is 3.92. The van der Waals surface area contributed by atoms with Crippen LogP contribution < -0.4 is 20.7 Å². The van der Waals surface area contributed by atoms with Crippen LogP contribution >= 0.6 is 0 Å². The van der Waals surface area contributed by atoms with Crippen molar-refractivity contribution in [2.75, 3.05) is 12.4 Å². The number of aliphatic hydroxyl groups is 1. The number of carbonyl (C=O) groups is 3. The van der Waals surface area contributed by atoms with Crippen molar-refractivity contribution in [3.05, 3.63) is 82.3 Å². The number of aromatic nitrogens is 2. The monoisotopic (exact) mass is 725 g/mol. The van der Waals surface area contributed by atoms with Crippen molar-refractivity contribution in [3.63, 3.8) is 0 Å². The minimum absolute atomic E-state index is 0.0359. The first-order chi connectivity index (χ1) is 25.5. The number of rotatable bonds is 11. The number of hydrogen-bond acceptors (Lipinski definition) is 11. The summed E-state index contributed by atoms with van der Waals surface area (Å²) in [5, 5.41) is 20.2. The van der Waals surface area contributed by atoms with Gasteiger partial charge in [0.25, 0.3) is 0 Å². The Hall–Kier alpha value is -5.17. The number of ether oxygens (including phenoxy) is 2. The second-order valence-corrected chi connectivity index (χ2v) is 14.9. The smallest absolute Gasteiger partial charge is 0.360 e. The standard InChI is InChI=1S/C40H47N5O8/c1-7-8-9-10-13-23-16-22-17-25-32(23)52-39-40(25,24-14-11-12-15-26(24)43-39)33-30(36-42-28(19-51-36)38(49)50-6)45-37(53-33)29(20(2)3)44-34(47)27(18-22)41-35(48)31(46)21(4)5/h11-12,14-17,19-21,27,29,31,39,43,46H,7-10,13,18H2,1-6H3,(H,41,48)(H,44,47)/t27?,29?,31-,39?,40-/m0/s1. The molecule has 4 aromatic rings. The highest BCUT2D eigenvalue weighted by Crippen LogP contribution is 2.60. The number of esters is 1. The van der Waals surface area contributed by atoms with E-state index in [0.717, 1.165) is 60.0 Å². The normalized spacial score (nSPS) is 21.8. The van der Waals surface area contributed by atoms with Gasteiger partial charge in [0.05, 0.1) is 7.11 Å². The van der Waals surface area contributed by atoms with E-state index in [1.54, 1.807) is 13.8 Å². The van der Waals surface area contributed by atoms with Crippen LogP contribution in [0.25, 0.3) is 11.6 Å². The number of fused-ring (bicyclic) bond motifs is 4. The first-order valence-corrected chi connectivity index (χ1v) is 18.5. The molecule has 4 bridgehead atoms. The number of hydrogen-bond donors (Lipinski definition) is 4. The third-order valence-corrected chi connectivity index (χ3v) is 10.5. The van der Waals surface area contributed by atoms with E-state index >= 15 is 0 Å². The van der Waals surface area contributed by atoms with Crippen LogP contribution in [0.4, 0.5) is 5.69 Å². The van der Waals surface area contributed by atoms with Gasteiger partial charge in [0, 0.05) is 17.7 Å². The summed E-state index contributed by atoms with van der Waals surface area (Å²) in [6.07, 6.45) is 4.28. The molecule has 5 heterocycles. The zero-order valence-electron chi connectivity index (χ0n) is 30.9. The molecule has 1 spiro atoms. The van der Waals surface area contributed by atoms with E-state index in [1.807, 2.05) is 44.2 Å². The fourth-order valence-electron chi connectivity index (χ4n) is 7.70. The van der Waals surface area contributed by atoms with Gasteiger partial charge in [0.2, 0.25) is 23.6 Å². The van der Waals surface area contributed by atoms with Gasteiger partial charge in [-0.3, -0.25) is 9.59 Å². The lowest BCUT2D eigenvalue weighted by Gasteiger charge is -2.29. The Kier molecular flexibility index (Phi) is 9.79. The Labute approximate surface area is 308 Å². The number of aryl methyl sites for hydroxylation is 1. The van der Waals surface area contributed by atoms with Crippen molar-refractivity contribution in [2.45, 2.75) is 103 Å². The lowest BCUT2D eigenvalue weighted by molar-refractivity contribution is -0.135. The number of oxazole rings is 2. The number of benzene rings is 2. The maximum Gasteiger partial charge on any atom is 0.360 e. The third kappa shape index (κ3) is 6.24. The highest BCUT2D eigenvalue weighted by molar-refractivity contribution is 5.90. The molecule has 0 saturated carbocycles. The second-order valence-electron chi connectivity index (χ2n) is 14.9. The minimum Gasteiger partial charge on any atom is -0.468 e. The molecule has 2 amide bonds. The van der Waals surface area contributed by atoms with Gasteiger partial charge in [-0.25, -0.2) is 14.8 Å². The van der Waals surface area contributed by atoms with Crippen LogP contribution in [0.15, 0.2) is 51.5 Å². The predicted octanol–water partition coefficient (Wildman–Crippen LogP) is 5.59. The molecule has 0 aliphatic carbocycles. The van der Waals surface area contributed by atoms with Crippen LogP contribution in [-0.2, 0) is 32.6 Å². The van der Waals surface area contributed by atoms with Gasteiger partial charge in [0.1, 0.15) is 35.6 Å². The summed E-state index contributed by atoms with van der Waals surface area (Å²) in [7, 11) is 1.27. The number of aliphatic hydroxyl groups excluding tert-OH is 1. The van der Waals surface area contributed by atoms with Crippen molar-refractivity contribution in [1.29, 1.82) is 0 Å². The summed E-state index contributed by atoms with van der Waals surface area (Å²) in [6, 6.07) is 10.2. The number of nitrogens with one attached hydrogen (secondary N) is 3. The Bertz CT molecular complexity index is 2030. The maximum absolute atomic E-state index is 14.3. The second kappa shape index (κ2) is 14.3. The first-order valence-electron chi connectivity index (χ1n) is 18.5. The summed E-state index contributed by atoms with van der Waals surface area (Å²) in [5.74, 6) is -1.03. The molecule has 53 heavy (non-hydrogen) atoms. The zero-order valence-corrected chi connectivity index (χ0v) is 30.9. The predicted molar refractivity (Wildman–Crippen MR) is 194 cm³/mol. The van der Waals surface area contributed by atoms with E-state index in [-0.39, 0.29) is 41.4 Å². The minimum atomic E-state index is -1.30. The Morgan fingerprint density at radius 2 is 1.87 bits per heavy atom. The lowest BCUT2D eigenvalue weighted by Crippen LogP contribution is -2.52. The Morgan fingerprint density at radius 3 is 2.60 bits per heavy atom. The van der Waals surface area contributed by atoms with E-state index in [2.05, 4.69) is 33.9 Å². The largest absolute Gasteiger partial charge is 0.468 e. The number of methoxy groups -OCH3 is 1. The Morgan fingerprint density at radius 1 is 1.08 bits per heavy atom. The van der Waals surface area contributed by atoms with Crippen molar-refractivity contribution >= 4 is 23.5 Å². The van der Waals surface area contributed by atoms with Gasteiger partial charge in [-0.15, -0.1) is 0 Å². The molecule has 3 aliphatic heterocycles. The molecule has 0 radical (unpaired) electrons. The fraction of sp³-hybridized carbons (Fsp3) is 0.475. The van der Waals surface area contributed by atoms with Crippen LogP contribution in [0.5, 0.6) is 5.75 Å². The molecule has 13 nitrogen and oxygen atoms in total. The first kappa shape index (κ1) is 36.2. The van der Waals surface area contributed by atoms with Gasteiger partial charge in [-0.2, -0.15) is 0 Å². The summed E-state index contributed by atoms with van der Waals surface area (Å²) >= 11 is 0. The number of carbonyl (C=O) groups excluding carboxylic acids is 3. The summed E-state index contributed by atoms with van der Waals surface area (Å²) in [5.41, 5.74) is 3.40. The molecule has 3 aliphatic rings. The molecular formula is C40H47N5O8. The summed E-state index contributed by atoms with van der Waals surface area (Å²) in [4.78, 5) is 49.6. The van der Waals surface area contributed by atoms with E-state index < -0.39 is 47.6 Å². The van der Waals surface area contributed by atoms with E-state index in [1.165, 1.54) is 13.4 Å². The molecule has 280 valence electrons. The number of unbranched alkanes of at least 4 members (excludes halogenated alkanes) is 3. The van der Waals surface area contributed by atoms with Gasteiger partial charge in [-0.1, -0.05) is 84.2 Å². The van der Waals surface area contributed by atoms with Gasteiger partial charge in [-0.05, 0) is 47.4 Å². The highest BCUT2D eigenvalue weighted by atomic mass is 16.5. The molecule has 2 aromatic heterocycles. The molecule has 2 aromatic carbocycles. The van der Waals surface area contributed by atoms with E-state index in [0.29, 0.717) is 11.5 Å². The third-order valence-electron chi connectivity index (χ3n) is 10.5. The molecular weight excluding hydrogens is 678 g/mol. The van der Waals surface area contributed by atoms with Crippen LogP contribution in [-0.4, -0.2) is 58.3 Å². The molecule has 7 rings (SSSR count). The summed E-state index contributed by atoms with van der Waals surface area (Å²) in [6.45, 7) is 9.51. The average molecular weight is 726 g/mol. The molecule has 0 saturated heterocycles. The number of anilines is 1. The summed E-state index contributed by atoms with van der Waals surface area (Å²) < 4.78 is 24.7. The quantitative estimate of drug-likeness (QED) is 0.112. The van der Waals surface area contributed by atoms with Gasteiger partial charge >= 0.3 is 5.97 Å². The number of para-hydroxylation sites is 1. The van der Waals surface area contributed by atoms with Crippen LogP contribution in [0.2, 0.25) is 0 Å². The van der Waals surface area contributed by atoms with Crippen LogP contribution in [0.3, 0.4) is 0 Å². The number of amides is 2. The van der Waals surface area contributed by atoms with Crippen molar-refractivity contribution in [3.8, 4) is 17.3 Å². The van der Waals surface area contributed by atoms with Crippen LogP contribution in [0, 0.1) is 11.8 Å². The zero-order chi connectivity index (χ0) is 37.6. The van der Waals surface area contributed by atoms with E-state index in [9.17, 15) is 19.5 Å². The lowest BCUT2D eigenvalue weighted by atomic mass is 9.72. The van der Waals surface area contributed by atoms with Crippen molar-refractivity contribution in [1.82, 2.24) is 20.6 Å². The van der Waals surface area contributed by atoms with Crippen LogP contribution in [0.1, 0.15) is 111 Å². The molecule has 5 atom stereocenters. The highest BCUT2D eigenvalue weighted by Gasteiger charge is 2.61. The van der Waals surface area contributed by atoms with E-state index in [4.69, 9.17) is 23.3 Å². The van der Waals surface area contributed by atoms with Crippen molar-refractivity contribution < 1.29 is 37.8 Å². The maximum atomic E-state index is 14.3. The van der Waals surface area contributed by atoms with Gasteiger partial charge < -0.3 is 39.4 Å². The molecule has 4 N–H and O–H groups in total. The Balaban J connectivity index is 1.50. The molecule has 0 fully saturated rings. The molecule has 13 heteroatoms. The topological polar surface area (TPSA) is 178 Å². The SMILES string of the molecule is CCCCCCc1cc2cc3c1OC1Nc4ccccc4[C@@]31c1oc(nc1-c1nc(C(=O)OC)co1)C(C(C)C)NC(=O)C(NC(=O)[C@@H](O)C(C)C)C2. The number of nitrogens with zero attached hydrogens (tertiary/aromatic N) is 2.